The number of aromatic nitrogens is 2. The van der Waals surface area contributed by atoms with E-state index in [9.17, 15) is 13.6 Å². The van der Waals surface area contributed by atoms with Crippen LogP contribution in [0.15, 0.2) is 30.5 Å². The second-order valence-electron chi connectivity index (χ2n) is 5.71. The highest BCUT2D eigenvalue weighted by molar-refractivity contribution is 5.85. The Bertz CT molecular complexity index is 836. The Hall–Kier alpha value is -3.08. The molecule has 6 nitrogen and oxygen atoms in total. The summed E-state index contributed by atoms with van der Waals surface area (Å²) in [7, 11) is 0. The minimum Gasteiger partial charge on any atom is -0.342 e. The second kappa shape index (κ2) is 7.21. The van der Waals surface area contributed by atoms with Crippen molar-refractivity contribution in [3.05, 3.63) is 53.4 Å². The molecule has 2 aromatic rings. The van der Waals surface area contributed by atoms with Gasteiger partial charge in [0.25, 0.3) is 0 Å². The zero-order valence-corrected chi connectivity index (χ0v) is 13.2. The van der Waals surface area contributed by atoms with Crippen molar-refractivity contribution in [2.75, 3.05) is 11.9 Å². The summed E-state index contributed by atoms with van der Waals surface area (Å²) in [5, 5.41) is 11.8. The fraction of sp³-hybridized carbons (Fsp3) is 0.294. The van der Waals surface area contributed by atoms with E-state index in [1.54, 1.807) is 0 Å². The minimum atomic E-state index is -0.673. The first-order chi connectivity index (χ1) is 12.1. The zero-order valence-electron chi connectivity index (χ0n) is 13.2. The third-order valence-corrected chi connectivity index (χ3v) is 3.98. The summed E-state index contributed by atoms with van der Waals surface area (Å²) in [6, 6.07) is 6.15. The van der Waals surface area contributed by atoms with Crippen LogP contribution in [-0.2, 0) is 11.3 Å². The van der Waals surface area contributed by atoms with Gasteiger partial charge in [-0.15, -0.1) is 0 Å². The van der Waals surface area contributed by atoms with Gasteiger partial charge in [-0.05, 0) is 25.0 Å². The van der Waals surface area contributed by atoms with Crippen molar-refractivity contribution in [2.24, 2.45) is 0 Å². The van der Waals surface area contributed by atoms with Crippen LogP contribution in [0.1, 0.15) is 24.1 Å². The van der Waals surface area contributed by atoms with Crippen LogP contribution in [0.2, 0.25) is 0 Å². The summed E-state index contributed by atoms with van der Waals surface area (Å²) in [4.78, 5) is 22.1. The topological polar surface area (TPSA) is 81.9 Å². The number of carbonyl (C=O) groups excluding carboxylic acids is 1. The molecular weight excluding hydrogens is 328 g/mol. The van der Waals surface area contributed by atoms with E-state index in [4.69, 9.17) is 5.26 Å². The van der Waals surface area contributed by atoms with Crippen molar-refractivity contribution in [1.82, 2.24) is 14.9 Å². The van der Waals surface area contributed by atoms with Crippen LogP contribution in [0.4, 0.5) is 14.7 Å². The lowest BCUT2D eigenvalue weighted by Gasteiger charge is -2.32. The van der Waals surface area contributed by atoms with Gasteiger partial charge in [-0.3, -0.25) is 4.79 Å². The van der Waals surface area contributed by atoms with Crippen LogP contribution < -0.4 is 5.32 Å². The van der Waals surface area contributed by atoms with E-state index in [2.05, 4.69) is 15.3 Å². The van der Waals surface area contributed by atoms with Gasteiger partial charge in [-0.2, -0.15) is 5.26 Å². The number of hydrogen-bond acceptors (Lipinski definition) is 5. The molecule has 1 aliphatic heterocycles. The number of amides is 1. The Morgan fingerprint density at radius 2 is 2.20 bits per heavy atom. The van der Waals surface area contributed by atoms with Crippen LogP contribution >= 0.6 is 0 Å². The fourth-order valence-electron chi connectivity index (χ4n) is 2.73. The standard InChI is InChI=1S/C17H15F2N5O/c18-12-4-3-11(14(19)8-12)10-24-7-1-2-15(16(24)25)23-17-21-6-5-13(9-20)22-17/h3-6,8,15H,1-2,7,10H2,(H,21,22,23). The van der Waals surface area contributed by atoms with Crippen molar-refractivity contribution in [3.8, 4) is 6.07 Å². The maximum Gasteiger partial charge on any atom is 0.245 e. The molecule has 1 atom stereocenters. The van der Waals surface area contributed by atoms with E-state index in [1.165, 1.54) is 29.3 Å². The van der Waals surface area contributed by atoms with Gasteiger partial charge in [-0.1, -0.05) is 6.07 Å². The molecule has 1 aromatic heterocycles. The molecule has 1 saturated heterocycles. The van der Waals surface area contributed by atoms with Gasteiger partial charge in [0.05, 0.1) is 0 Å². The first kappa shape index (κ1) is 16.8. The summed E-state index contributed by atoms with van der Waals surface area (Å²) >= 11 is 0. The minimum absolute atomic E-state index is 0.0716. The number of rotatable bonds is 4. The highest BCUT2D eigenvalue weighted by Crippen LogP contribution is 2.19. The van der Waals surface area contributed by atoms with Crippen molar-refractivity contribution in [1.29, 1.82) is 5.26 Å². The molecule has 0 bridgehead atoms. The first-order valence-electron chi connectivity index (χ1n) is 7.79. The number of nitrogens with zero attached hydrogens (tertiary/aromatic N) is 4. The molecule has 8 heteroatoms. The molecule has 1 aromatic carbocycles. The number of halogens is 2. The SMILES string of the molecule is N#Cc1ccnc(NC2CCCN(Cc3ccc(F)cc3F)C2=O)n1. The molecule has 0 saturated carbocycles. The molecule has 3 rings (SSSR count). The molecule has 25 heavy (non-hydrogen) atoms. The van der Waals surface area contributed by atoms with Gasteiger partial charge in [0.15, 0.2) is 0 Å². The highest BCUT2D eigenvalue weighted by atomic mass is 19.1. The summed E-state index contributed by atoms with van der Waals surface area (Å²) < 4.78 is 26.8. The summed E-state index contributed by atoms with van der Waals surface area (Å²) in [5.41, 5.74) is 0.462. The Labute approximate surface area is 143 Å². The maximum atomic E-state index is 13.8. The Morgan fingerprint density at radius 3 is 2.96 bits per heavy atom. The second-order valence-corrected chi connectivity index (χ2v) is 5.71. The van der Waals surface area contributed by atoms with Gasteiger partial charge in [0, 0.05) is 30.9 Å². The lowest BCUT2D eigenvalue weighted by molar-refractivity contribution is -0.134. The average Bonchev–Trinajstić information content (AvgIpc) is 2.61. The van der Waals surface area contributed by atoms with Crippen molar-refractivity contribution < 1.29 is 13.6 Å². The molecule has 128 valence electrons. The third kappa shape index (κ3) is 3.88. The van der Waals surface area contributed by atoms with Crippen LogP contribution in [0.5, 0.6) is 0 Å². The van der Waals surface area contributed by atoms with Gasteiger partial charge in [0.1, 0.15) is 29.4 Å². The average molecular weight is 343 g/mol. The van der Waals surface area contributed by atoms with Gasteiger partial charge < -0.3 is 10.2 Å². The van der Waals surface area contributed by atoms with Crippen LogP contribution in [0.3, 0.4) is 0 Å². The maximum absolute atomic E-state index is 13.8. The number of piperidine rings is 1. The number of anilines is 1. The van der Waals surface area contributed by atoms with E-state index < -0.39 is 17.7 Å². The predicted molar refractivity (Wildman–Crippen MR) is 85.2 cm³/mol. The number of benzene rings is 1. The third-order valence-electron chi connectivity index (χ3n) is 3.98. The normalized spacial score (nSPS) is 17.2. The van der Waals surface area contributed by atoms with Crippen molar-refractivity contribution in [2.45, 2.75) is 25.4 Å². The quantitative estimate of drug-likeness (QED) is 0.921. The molecule has 0 spiro atoms. The number of carbonyl (C=O) groups is 1. The van der Waals surface area contributed by atoms with E-state index in [0.717, 1.165) is 12.5 Å². The Balaban J connectivity index is 1.71. The molecular formula is C17H15F2N5O. The van der Waals surface area contributed by atoms with E-state index >= 15 is 0 Å². The van der Waals surface area contributed by atoms with Crippen molar-refractivity contribution in [3.63, 3.8) is 0 Å². The van der Waals surface area contributed by atoms with Gasteiger partial charge in [0.2, 0.25) is 11.9 Å². The zero-order chi connectivity index (χ0) is 17.8. The summed E-state index contributed by atoms with van der Waals surface area (Å²) in [6.45, 7) is 0.565. The Morgan fingerprint density at radius 1 is 1.36 bits per heavy atom. The van der Waals surface area contributed by atoms with Gasteiger partial charge >= 0.3 is 0 Å². The molecule has 1 unspecified atom stereocenters. The van der Waals surface area contributed by atoms with E-state index in [1.807, 2.05) is 6.07 Å². The van der Waals surface area contributed by atoms with Crippen LogP contribution in [-0.4, -0.2) is 33.4 Å². The number of hydrogen-bond donors (Lipinski definition) is 1. The first-order valence-corrected chi connectivity index (χ1v) is 7.79. The highest BCUT2D eigenvalue weighted by Gasteiger charge is 2.29. The molecule has 1 N–H and O–H groups in total. The number of nitrogens with one attached hydrogen (secondary N) is 1. The van der Waals surface area contributed by atoms with Crippen molar-refractivity contribution >= 4 is 11.9 Å². The molecule has 1 aliphatic rings. The number of likely N-dealkylation sites (tertiary alicyclic amines) is 1. The summed E-state index contributed by atoms with van der Waals surface area (Å²) in [6.07, 6.45) is 2.75. The van der Waals surface area contributed by atoms with E-state index in [0.29, 0.717) is 13.0 Å². The van der Waals surface area contributed by atoms with Crippen LogP contribution in [0, 0.1) is 23.0 Å². The summed E-state index contributed by atoms with van der Waals surface area (Å²) in [5.74, 6) is -1.33. The fourth-order valence-corrected chi connectivity index (χ4v) is 2.73. The monoisotopic (exact) mass is 343 g/mol. The molecule has 0 aliphatic carbocycles. The molecule has 1 fully saturated rings. The molecule has 1 amide bonds. The van der Waals surface area contributed by atoms with E-state index in [-0.39, 0.29) is 29.7 Å². The molecule has 2 heterocycles. The number of nitriles is 1. The lowest BCUT2D eigenvalue weighted by Crippen LogP contribution is -2.47. The van der Waals surface area contributed by atoms with Gasteiger partial charge in [-0.25, -0.2) is 18.7 Å². The largest absolute Gasteiger partial charge is 0.342 e. The lowest BCUT2D eigenvalue weighted by atomic mass is 10.0. The smallest absolute Gasteiger partial charge is 0.245 e. The predicted octanol–water partition coefficient (Wildman–Crippen LogP) is 2.23. The molecule has 0 radical (unpaired) electrons. The van der Waals surface area contributed by atoms with Crippen LogP contribution in [0.25, 0.3) is 0 Å². The Kier molecular flexibility index (Phi) is 4.84.